The summed E-state index contributed by atoms with van der Waals surface area (Å²) < 4.78 is 10.7. The Kier molecular flexibility index (Phi) is 4.82. The average molecular weight is 413 g/mol. The Morgan fingerprint density at radius 3 is 2.45 bits per heavy atom. The molecule has 1 aliphatic heterocycles. The van der Waals surface area contributed by atoms with E-state index in [1.807, 2.05) is 6.07 Å². The molecule has 6 heteroatoms. The van der Waals surface area contributed by atoms with E-state index in [1.54, 1.807) is 26.4 Å². The van der Waals surface area contributed by atoms with E-state index >= 15 is 0 Å². The van der Waals surface area contributed by atoms with Crippen LogP contribution in [0.25, 0.3) is 10.9 Å². The molecule has 1 aromatic heterocycles. The van der Waals surface area contributed by atoms with Crippen molar-refractivity contribution in [1.82, 2.24) is 9.97 Å². The fourth-order valence-electron chi connectivity index (χ4n) is 4.35. The first-order chi connectivity index (χ1) is 15.2. The van der Waals surface area contributed by atoms with Gasteiger partial charge in [-0.25, -0.2) is 0 Å². The predicted octanol–water partition coefficient (Wildman–Crippen LogP) is 4.09. The summed E-state index contributed by atoms with van der Waals surface area (Å²) in [6.07, 6.45) is 0. The van der Waals surface area contributed by atoms with E-state index < -0.39 is 0 Å². The highest BCUT2D eigenvalue weighted by molar-refractivity contribution is 5.82. The molecular formula is C25H23N3O3. The lowest BCUT2D eigenvalue weighted by Crippen LogP contribution is -2.36. The molecule has 5 rings (SSSR count). The van der Waals surface area contributed by atoms with Crippen LogP contribution in [0.4, 0.5) is 5.95 Å². The molecule has 156 valence electrons. The van der Waals surface area contributed by atoms with Gasteiger partial charge >= 0.3 is 0 Å². The zero-order valence-electron chi connectivity index (χ0n) is 17.5. The monoisotopic (exact) mass is 413 g/mol. The van der Waals surface area contributed by atoms with Gasteiger partial charge in [-0.15, -0.1) is 0 Å². The third kappa shape index (κ3) is 3.40. The van der Waals surface area contributed by atoms with E-state index in [4.69, 9.17) is 9.47 Å². The van der Waals surface area contributed by atoms with Crippen molar-refractivity contribution in [1.29, 1.82) is 0 Å². The number of aromatic amines is 1. The lowest BCUT2D eigenvalue weighted by Gasteiger charge is -2.35. The molecule has 0 saturated carbocycles. The van der Waals surface area contributed by atoms with Gasteiger partial charge in [-0.3, -0.25) is 4.79 Å². The van der Waals surface area contributed by atoms with Gasteiger partial charge in [-0.1, -0.05) is 54.6 Å². The van der Waals surface area contributed by atoms with Crippen molar-refractivity contribution in [3.05, 3.63) is 93.8 Å². The standard InChI is InChI=1S/C25H23N3O3/c1-30-22-12-19-21(13-23(22)31-2)26-25(27-24(19)29)28-14-17-10-6-7-11-18(17)20(15-28)16-8-4-3-5-9-16/h3-13,20H,14-15H2,1-2H3,(H,26,27,29). The van der Waals surface area contributed by atoms with Crippen LogP contribution < -0.4 is 19.9 Å². The van der Waals surface area contributed by atoms with Crippen molar-refractivity contribution in [2.45, 2.75) is 12.5 Å². The second-order valence-corrected chi connectivity index (χ2v) is 7.66. The number of aromatic nitrogens is 2. The molecule has 31 heavy (non-hydrogen) atoms. The number of anilines is 1. The van der Waals surface area contributed by atoms with Gasteiger partial charge in [-0.05, 0) is 22.8 Å². The molecule has 3 aromatic carbocycles. The van der Waals surface area contributed by atoms with E-state index in [-0.39, 0.29) is 11.5 Å². The number of nitrogens with zero attached hydrogens (tertiary/aromatic N) is 2. The van der Waals surface area contributed by atoms with Crippen molar-refractivity contribution in [2.75, 3.05) is 25.7 Å². The zero-order valence-corrected chi connectivity index (χ0v) is 17.5. The first-order valence-corrected chi connectivity index (χ1v) is 10.2. The summed E-state index contributed by atoms with van der Waals surface area (Å²) in [7, 11) is 3.13. The summed E-state index contributed by atoms with van der Waals surface area (Å²) in [4.78, 5) is 22.7. The van der Waals surface area contributed by atoms with Gasteiger partial charge in [0.2, 0.25) is 5.95 Å². The minimum atomic E-state index is -0.292. The minimum absolute atomic E-state index is 0.192. The van der Waals surface area contributed by atoms with E-state index in [9.17, 15) is 4.79 Å². The maximum atomic E-state index is 12.9. The Morgan fingerprint density at radius 2 is 1.68 bits per heavy atom. The number of nitrogens with one attached hydrogen (secondary N) is 1. The molecule has 0 saturated heterocycles. The van der Waals surface area contributed by atoms with Crippen LogP contribution in [0.2, 0.25) is 0 Å². The van der Waals surface area contributed by atoms with Crippen LogP contribution in [0.15, 0.2) is 71.5 Å². The third-order valence-electron chi connectivity index (χ3n) is 5.90. The number of hydrogen-bond acceptors (Lipinski definition) is 5. The molecule has 0 spiro atoms. The highest BCUT2D eigenvalue weighted by Crippen LogP contribution is 2.35. The second-order valence-electron chi connectivity index (χ2n) is 7.66. The number of ether oxygens (including phenoxy) is 2. The summed E-state index contributed by atoms with van der Waals surface area (Å²) in [6.45, 7) is 1.41. The minimum Gasteiger partial charge on any atom is -0.493 e. The third-order valence-corrected chi connectivity index (χ3v) is 5.90. The summed E-state index contributed by atoms with van der Waals surface area (Å²) in [5, 5.41) is 0.471. The van der Waals surface area contributed by atoms with Crippen LogP contribution in [0.3, 0.4) is 0 Å². The Balaban J connectivity index is 1.61. The molecule has 0 amide bonds. The number of hydrogen-bond donors (Lipinski definition) is 1. The van der Waals surface area contributed by atoms with Gasteiger partial charge in [0.15, 0.2) is 11.5 Å². The Labute approximate surface area is 180 Å². The van der Waals surface area contributed by atoms with E-state index in [1.165, 1.54) is 16.7 Å². The lowest BCUT2D eigenvalue weighted by molar-refractivity contribution is 0.355. The fraction of sp³-hybridized carbons (Fsp3) is 0.200. The maximum Gasteiger partial charge on any atom is 0.282 e. The summed E-state index contributed by atoms with van der Waals surface area (Å²) >= 11 is 0. The van der Waals surface area contributed by atoms with Crippen LogP contribution in [0, 0.1) is 0 Å². The van der Waals surface area contributed by atoms with Crippen LogP contribution >= 0.6 is 0 Å². The van der Waals surface area contributed by atoms with Crippen molar-refractivity contribution < 1.29 is 9.47 Å². The van der Waals surface area contributed by atoms with Crippen LogP contribution in [0.1, 0.15) is 22.6 Å². The first kappa shape index (κ1) is 19.2. The molecule has 0 fully saturated rings. The number of benzene rings is 3. The highest BCUT2D eigenvalue weighted by atomic mass is 16.5. The number of H-pyrrole nitrogens is 1. The van der Waals surface area contributed by atoms with E-state index in [2.05, 4.69) is 63.4 Å². The predicted molar refractivity (Wildman–Crippen MR) is 121 cm³/mol. The zero-order chi connectivity index (χ0) is 21.4. The molecule has 4 aromatic rings. The molecule has 1 unspecified atom stereocenters. The fourth-order valence-corrected chi connectivity index (χ4v) is 4.35. The van der Waals surface area contributed by atoms with E-state index in [0.29, 0.717) is 34.9 Å². The van der Waals surface area contributed by atoms with Crippen molar-refractivity contribution in [2.24, 2.45) is 0 Å². The molecular weight excluding hydrogens is 390 g/mol. The molecule has 1 aliphatic rings. The number of rotatable bonds is 4. The molecule has 2 heterocycles. The second kappa shape index (κ2) is 7.80. The van der Waals surface area contributed by atoms with Crippen molar-refractivity contribution in [3.8, 4) is 11.5 Å². The molecule has 1 N–H and O–H groups in total. The molecule has 6 nitrogen and oxygen atoms in total. The molecule has 1 atom stereocenters. The number of fused-ring (bicyclic) bond motifs is 2. The summed E-state index contributed by atoms with van der Waals surface area (Å²) in [5.41, 5.74) is 4.17. The molecule has 0 bridgehead atoms. The Hall–Kier alpha value is -3.80. The topological polar surface area (TPSA) is 67.5 Å². The van der Waals surface area contributed by atoms with Crippen LogP contribution in [-0.4, -0.2) is 30.7 Å². The smallest absolute Gasteiger partial charge is 0.282 e. The average Bonchev–Trinajstić information content (AvgIpc) is 2.83. The largest absolute Gasteiger partial charge is 0.493 e. The van der Waals surface area contributed by atoms with E-state index in [0.717, 1.165) is 6.54 Å². The van der Waals surface area contributed by atoms with Gasteiger partial charge in [-0.2, -0.15) is 4.98 Å². The van der Waals surface area contributed by atoms with Gasteiger partial charge in [0, 0.05) is 25.1 Å². The normalized spacial score (nSPS) is 15.5. The first-order valence-electron chi connectivity index (χ1n) is 10.2. The van der Waals surface area contributed by atoms with Gasteiger partial charge < -0.3 is 19.4 Å². The molecule has 0 radical (unpaired) electrons. The van der Waals surface area contributed by atoms with Crippen molar-refractivity contribution in [3.63, 3.8) is 0 Å². The number of methoxy groups -OCH3 is 2. The molecule has 0 aliphatic carbocycles. The van der Waals surface area contributed by atoms with Crippen molar-refractivity contribution >= 4 is 16.9 Å². The maximum absolute atomic E-state index is 12.9. The van der Waals surface area contributed by atoms with Gasteiger partial charge in [0.1, 0.15) is 0 Å². The van der Waals surface area contributed by atoms with Gasteiger partial charge in [0.25, 0.3) is 5.56 Å². The van der Waals surface area contributed by atoms with Crippen LogP contribution in [-0.2, 0) is 6.54 Å². The van der Waals surface area contributed by atoms with Crippen LogP contribution in [0.5, 0.6) is 11.5 Å². The Bertz CT molecular complexity index is 1300. The highest BCUT2D eigenvalue weighted by Gasteiger charge is 2.28. The van der Waals surface area contributed by atoms with Gasteiger partial charge in [0.05, 0.1) is 25.1 Å². The lowest BCUT2D eigenvalue weighted by atomic mass is 9.85. The quantitative estimate of drug-likeness (QED) is 0.546. The summed E-state index contributed by atoms with van der Waals surface area (Å²) in [5.74, 6) is 1.82. The Morgan fingerprint density at radius 1 is 0.968 bits per heavy atom. The SMILES string of the molecule is COc1cc2[nH]c(N3Cc4ccccc4C(c4ccccc4)C3)nc(=O)c2cc1OC. The summed E-state index contributed by atoms with van der Waals surface area (Å²) in [6, 6.07) is 22.4.